The van der Waals surface area contributed by atoms with Gasteiger partial charge in [0.15, 0.2) is 0 Å². The van der Waals surface area contributed by atoms with E-state index in [2.05, 4.69) is 34.8 Å². The number of hydrogen-bond acceptors (Lipinski definition) is 1. The lowest BCUT2D eigenvalue weighted by atomic mass is 10.0. The maximum Gasteiger partial charge on any atom is 0.338 e. The highest BCUT2D eigenvalue weighted by atomic mass is 79.9. The quantitative estimate of drug-likeness (QED) is 0.904. The van der Waals surface area contributed by atoms with E-state index in [4.69, 9.17) is 0 Å². The fourth-order valence-corrected chi connectivity index (χ4v) is 2.39. The molecule has 1 aromatic carbocycles. The molecule has 0 amide bonds. The number of fused-ring (bicyclic) bond motifs is 1. The summed E-state index contributed by atoms with van der Waals surface area (Å²) in [4.78, 5) is 14.6. The van der Waals surface area contributed by atoms with Crippen LogP contribution in [0.3, 0.4) is 0 Å². The van der Waals surface area contributed by atoms with Gasteiger partial charge in [0.2, 0.25) is 0 Å². The number of H-pyrrole nitrogens is 1. The summed E-state index contributed by atoms with van der Waals surface area (Å²) in [7, 11) is 0. The highest BCUT2D eigenvalue weighted by Gasteiger charge is 2.18. The minimum absolute atomic E-state index is 0.398. The smallest absolute Gasteiger partial charge is 0.338 e. The van der Waals surface area contributed by atoms with Crippen LogP contribution in [-0.4, -0.2) is 16.1 Å². The number of carbonyl (C=O) groups is 1. The molecule has 0 saturated heterocycles. The van der Waals surface area contributed by atoms with Gasteiger partial charge in [-0.1, -0.05) is 29.8 Å². The molecule has 0 bridgehead atoms. The van der Waals surface area contributed by atoms with Crippen LogP contribution in [0, 0.1) is 5.92 Å². The van der Waals surface area contributed by atoms with Crippen LogP contribution < -0.4 is 0 Å². The zero-order valence-electron chi connectivity index (χ0n) is 9.75. The first kappa shape index (κ1) is 12.2. The van der Waals surface area contributed by atoms with Crippen molar-refractivity contribution in [2.24, 2.45) is 5.92 Å². The van der Waals surface area contributed by atoms with Gasteiger partial charge in [-0.15, -0.1) is 0 Å². The van der Waals surface area contributed by atoms with E-state index >= 15 is 0 Å². The summed E-state index contributed by atoms with van der Waals surface area (Å²) in [5.74, 6) is -0.449. The van der Waals surface area contributed by atoms with Crippen LogP contribution in [0.15, 0.2) is 22.7 Å². The zero-order chi connectivity index (χ0) is 12.6. The number of halogens is 1. The van der Waals surface area contributed by atoms with E-state index in [9.17, 15) is 9.90 Å². The Balaban J connectivity index is 2.67. The van der Waals surface area contributed by atoms with Gasteiger partial charge in [-0.25, -0.2) is 4.79 Å². The van der Waals surface area contributed by atoms with Crippen molar-refractivity contribution in [2.45, 2.75) is 20.3 Å². The second-order valence-electron chi connectivity index (χ2n) is 4.57. The molecule has 2 aromatic rings. The molecule has 0 atom stereocenters. The van der Waals surface area contributed by atoms with Crippen molar-refractivity contribution < 1.29 is 9.90 Å². The number of aromatic amines is 1. The lowest BCUT2D eigenvalue weighted by molar-refractivity contribution is 0.0697. The number of aromatic carboxylic acids is 1. The van der Waals surface area contributed by atoms with E-state index in [0.717, 1.165) is 27.5 Å². The standard InChI is InChI=1S/C13H14BrNO2/c1-7(2)5-11-12(13(16)17)9-6-8(14)3-4-10(9)15-11/h3-4,6-7,15H,5H2,1-2H3,(H,16,17). The lowest BCUT2D eigenvalue weighted by Crippen LogP contribution is -2.03. The van der Waals surface area contributed by atoms with Crippen molar-refractivity contribution in [1.82, 2.24) is 4.98 Å². The van der Waals surface area contributed by atoms with Crippen LogP contribution in [0.2, 0.25) is 0 Å². The van der Waals surface area contributed by atoms with E-state index in [1.54, 1.807) is 0 Å². The molecular formula is C13H14BrNO2. The van der Waals surface area contributed by atoms with E-state index in [1.165, 1.54) is 0 Å². The van der Waals surface area contributed by atoms with Crippen molar-refractivity contribution in [3.05, 3.63) is 33.9 Å². The van der Waals surface area contributed by atoms with E-state index in [1.807, 2.05) is 18.2 Å². The third-order valence-corrected chi connectivity index (χ3v) is 3.16. The Hall–Kier alpha value is -1.29. The average Bonchev–Trinajstić information content (AvgIpc) is 2.53. The maximum absolute atomic E-state index is 11.4. The zero-order valence-corrected chi connectivity index (χ0v) is 11.3. The van der Waals surface area contributed by atoms with E-state index < -0.39 is 5.97 Å². The monoisotopic (exact) mass is 295 g/mol. The predicted octanol–water partition coefficient (Wildman–Crippen LogP) is 3.83. The summed E-state index contributed by atoms with van der Waals surface area (Å²) >= 11 is 3.37. The van der Waals surface area contributed by atoms with Crippen LogP contribution >= 0.6 is 15.9 Å². The van der Waals surface area contributed by atoms with Crippen LogP contribution in [-0.2, 0) is 6.42 Å². The second kappa shape index (κ2) is 4.53. The summed E-state index contributed by atoms with van der Waals surface area (Å²) in [6.45, 7) is 4.15. The summed E-state index contributed by atoms with van der Waals surface area (Å²) in [6, 6.07) is 5.65. The predicted molar refractivity (Wildman–Crippen MR) is 71.5 cm³/mol. The van der Waals surface area contributed by atoms with Gasteiger partial charge in [0.1, 0.15) is 0 Å². The van der Waals surface area contributed by atoms with Crippen molar-refractivity contribution in [1.29, 1.82) is 0 Å². The van der Waals surface area contributed by atoms with Gasteiger partial charge in [0.05, 0.1) is 5.56 Å². The van der Waals surface area contributed by atoms with Crippen molar-refractivity contribution in [3.8, 4) is 0 Å². The number of carboxylic acids is 1. The van der Waals surface area contributed by atoms with Crippen molar-refractivity contribution in [3.63, 3.8) is 0 Å². The van der Waals surface area contributed by atoms with Crippen LogP contribution in [0.5, 0.6) is 0 Å². The molecule has 0 fully saturated rings. The molecule has 90 valence electrons. The SMILES string of the molecule is CC(C)Cc1[nH]c2ccc(Br)cc2c1C(=O)O. The molecule has 2 N–H and O–H groups in total. The first-order chi connectivity index (χ1) is 7.99. The first-order valence-electron chi connectivity index (χ1n) is 5.52. The second-order valence-corrected chi connectivity index (χ2v) is 5.49. The summed E-state index contributed by atoms with van der Waals surface area (Å²) in [5.41, 5.74) is 2.08. The Bertz CT molecular complexity index is 572. The van der Waals surface area contributed by atoms with Gasteiger partial charge in [0, 0.05) is 21.1 Å². The molecule has 2 rings (SSSR count). The number of nitrogens with one attached hydrogen (secondary N) is 1. The van der Waals surface area contributed by atoms with Gasteiger partial charge < -0.3 is 10.1 Å². The molecule has 0 aliphatic rings. The fourth-order valence-electron chi connectivity index (χ4n) is 2.03. The maximum atomic E-state index is 11.4. The minimum atomic E-state index is -0.870. The number of benzene rings is 1. The fraction of sp³-hybridized carbons (Fsp3) is 0.308. The Kier molecular flexibility index (Phi) is 3.24. The summed E-state index contributed by atoms with van der Waals surface area (Å²) in [5, 5.41) is 10.1. The number of carboxylic acid groups (broad SMARTS) is 1. The average molecular weight is 296 g/mol. The molecule has 0 aliphatic carbocycles. The summed E-state index contributed by atoms with van der Waals surface area (Å²) < 4.78 is 0.891. The topological polar surface area (TPSA) is 53.1 Å². The normalized spacial score (nSPS) is 11.3. The molecule has 0 saturated carbocycles. The number of aromatic nitrogens is 1. The van der Waals surface area contributed by atoms with E-state index in [0.29, 0.717) is 11.5 Å². The molecule has 4 heteroatoms. The van der Waals surface area contributed by atoms with Crippen molar-refractivity contribution >= 4 is 32.8 Å². The van der Waals surface area contributed by atoms with Gasteiger partial charge in [0.25, 0.3) is 0 Å². The minimum Gasteiger partial charge on any atom is -0.478 e. The van der Waals surface area contributed by atoms with Crippen LogP contribution in [0.25, 0.3) is 10.9 Å². The third-order valence-electron chi connectivity index (χ3n) is 2.66. The molecule has 1 heterocycles. The Labute approximate surface area is 108 Å². The number of rotatable bonds is 3. The molecular weight excluding hydrogens is 282 g/mol. The summed E-state index contributed by atoms with van der Waals surface area (Å²) in [6.07, 6.45) is 0.744. The lowest BCUT2D eigenvalue weighted by Gasteiger charge is -2.03. The molecule has 17 heavy (non-hydrogen) atoms. The molecule has 0 aliphatic heterocycles. The van der Waals surface area contributed by atoms with Gasteiger partial charge in [-0.05, 0) is 30.5 Å². The molecule has 0 unspecified atom stereocenters. The third kappa shape index (κ3) is 2.36. The molecule has 0 radical (unpaired) electrons. The molecule has 3 nitrogen and oxygen atoms in total. The Morgan fingerprint density at radius 2 is 2.18 bits per heavy atom. The molecule has 0 spiro atoms. The first-order valence-corrected chi connectivity index (χ1v) is 6.31. The number of hydrogen-bond donors (Lipinski definition) is 2. The van der Waals surface area contributed by atoms with Gasteiger partial charge in [-0.2, -0.15) is 0 Å². The Morgan fingerprint density at radius 3 is 2.76 bits per heavy atom. The molecule has 1 aromatic heterocycles. The van der Waals surface area contributed by atoms with Crippen LogP contribution in [0.1, 0.15) is 29.9 Å². The highest BCUT2D eigenvalue weighted by molar-refractivity contribution is 9.10. The van der Waals surface area contributed by atoms with Crippen molar-refractivity contribution in [2.75, 3.05) is 0 Å². The van der Waals surface area contributed by atoms with Gasteiger partial charge >= 0.3 is 5.97 Å². The van der Waals surface area contributed by atoms with Crippen LogP contribution in [0.4, 0.5) is 0 Å². The Morgan fingerprint density at radius 1 is 1.47 bits per heavy atom. The van der Waals surface area contributed by atoms with Gasteiger partial charge in [-0.3, -0.25) is 0 Å². The van der Waals surface area contributed by atoms with E-state index in [-0.39, 0.29) is 0 Å². The highest BCUT2D eigenvalue weighted by Crippen LogP contribution is 2.27. The largest absolute Gasteiger partial charge is 0.478 e.